The van der Waals surface area contributed by atoms with Gasteiger partial charge in [0.15, 0.2) is 0 Å². The molecule has 1 atom stereocenters. The quantitative estimate of drug-likeness (QED) is 0.702. The van der Waals surface area contributed by atoms with E-state index in [1.807, 2.05) is 36.4 Å². The molecule has 0 bridgehead atoms. The van der Waals surface area contributed by atoms with Gasteiger partial charge >= 0.3 is 5.97 Å². The summed E-state index contributed by atoms with van der Waals surface area (Å²) in [4.78, 5) is 33.1. The van der Waals surface area contributed by atoms with Crippen molar-refractivity contribution in [3.8, 4) is 6.07 Å². The predicted molar refractivity (Wildman–Crippen MR) is 123 cm³/mol. The van der Waals surface area contributed by atoms with Crippen molar-refractivity contribution in [2.24, 2.45) is 5.73 Å². The number of nitriles is 1. The fraction of sp³-hybridized carbons (Fsp3) is 0.280. The summed E-state index contributed by atoms with van der Waals surface area (Å²) in [5, 5.41) is 10.7. The molecule has 7 nitrogen and oxygen atoms in total. The van der Waals surface area contributed by atoms with Crippen molar-refractivity contribution in [2.45, 2.75) is 37.1 Å². The van der Waals surface area contributed by atoms with E-state index < -0.39 is 11.9 Å². The number of nitrogens with zero attached hydrogens (tertiary/aromatic N) is 3. The standard InChI is InChI=1S/C25H22N4O3S/c1-2-32-25(31)21-19-13-33-23-16(11-15-9-6-10-18(15)28-23)24(30)29(19)22(27)17(12-26)20(21)14-7-4-3-5-8-14/h3-5,7-8,11,20H,2,6,9-10,13,27H2,1H3. The first kappa shape index (κ1) is 21.3. The van der Waals surface area contributed by atoms with Crippen molar-refractivity contribution < 1.29 is 14.3 Å². The number of carbonyl (C=O) groups is 2. The number of nitrogens with two attached hydrogens (primary N) is 1. The number of esters is 1. The van der Waals surface area contributed by atoms with Crippen LogP contribution in [0.3, 0.4) is 0 Å². The van der Waals surface area contributed by atoms with Gasteiger partial charge in [-0.2, -0.15) is 5.26 Å². The molecule has 33 heavy (non-hydrogen) atoms. The highest BCUT2D eigenvalue weighted by Crippen LogP contribution is 2.45. The van der Waals surface area contributed by atoms with Crippen LogP contribution < -0.4 is 5.73 Å². The number of thioether (sulfide) groups is 1. The van der Waals surface area contributed by atoms with Crippen LogP contribution in [-0.4, -0.2) is 34.1 Å². The average molecular weight is 459 g/mol. The molecule has 0 fully saturated rings. The minimum Gasteiger partial charge on any atom is -0.463 e. The normalized spacial score (nSPS) is 19.5. The summed E-state index contributed by atoms with van der Waals surface area (Å²) < 4.78 is 5.40. The largest absolute Gasteiger partial charge is 0.463 e. The van der Waals surface area contributed by atoms with Crippen molar-refractivity contribution >= 4 is 23.6 Å². The van der Waals surface area contributed by atoms with Gasteiger partial charge in [-0.15, -0.1) is 0 Å². The lowest BCUT2D eigenvalue weighted by atomic mass is 9.81. The Bertz CT molecular complexity index is 1280. The van der Waals surface area contributed by atoms with E-state index in [4.69, 9.17) is 15.5 Å². The Morgan fingerprint density at radius 1 is 1.33 bits per heavy atom. The number of ether oxygens (including phenoxy) is 1. The fourth-order valence-corrected chi connectivity index (χ4v) is 5.77. The molecule has 5 rings (SSSR count). The Balaban J connectivity index is 1.73. The zero-order valence-corrected chi connectivity index (χ0v) is 18.9. The smallest absolute Gasteiger partial charge is 0.336 e. The van der Waals surface area contributed by atoms with E-state index >= 15 is 0 Å². The van der Waals surface area contributed by atoms with E-state index in [9.17, 15) is 14.9 Å². The summed E-state index contributed by atoms with van der Waals surface area (Å²) in [5.74, 6) is -1.28. The zero-order chi connectivity index (χ0) is 23.1. The Labute approximate surface area is 195 Å². The average Bonchev–Trinajstić information content (AvgIpc) is 3.23. The maximum atomic E-state index is 13.8. The fourth-order valence-electron chi connectivity index (χ4n) is 4.74. The number of aryl methyl sites for hydroxylation is 2. The highest BCUT2D eigenvalue weighted by molar-refractivity contribution is 7.99. The Morgan fingerprint density at radius 3 is 2.85 bits per heavy atom. The molecule has 1 amide bonds. The zero-order valence-electron chi connectivity index (χ0n) is 18.1. The van der Waals surface area contributed by atoms with Crippen LogP contribution in [0.2, 0.25) is 0 Å². The maximum Gasteiger partial charge on any atom is 0.336 e. The third-order valence-corrected chi connectivity index (χ3v) is 7.22. The number of fused-ring (bicyclic) bond motifs is 3. The second-order valence-electron chi connectivity index (χ2n) is 8.06. The highest BCUT2D eigenvalue weighted by Gasteiger charge is 2.43. The van der Waals surface area contributed by atoms with Crippen molar-refractivity contribution in [2.75, 3.05) is 12.4 Å². The van der Waals surface area contributed by atoms with E-state index in [0.29, 0.717) is 22.0 Å². The number of pyridine rings is 1. The van der Waals surface area contributed by atoms with Crippen molar-refractivity contribution in [1.82, 2.24) is 9.88 Å². The van der Waals surface area contributed by atoms with Crippen LogP contribution in [0.15, 0.2) is 64.1 Å². The molecule has 3 heterocycles. The van der Waals surface area contributed by atoms with E-state index in [1.165, 1.54) is 16.7 Å². The summed E-state index contributed by atoms with van der Waals surface area (Å²) in [6.45, 7) is 1.90. The molecule has 1 unspecified atom stereocenters. The molecule has 0 saturated heterocycles. The van der Waals surface area contributed by atoms with Crippen LogP contribution in [0.4, 0.5) is 0 Å². The van der Waals surface area contributed by atoms with Crippen LogP contribution in [0.25, 0.3) is 0 Å². The number of hydrogen-bond donors (Lipinski definition) is 1. The van der Waals surface area contributed by atoms with Crippen molar-refractivity contribution in [3.05, 3.63) is 81.4 Å². The number of aromatic nitrogens is 1. The number of rotatable bonds is 3. The summed E-state index contributed by atoms with van der Waals surface area (Å²) in [7, 11) is 0. The van der Waals surface area contributed by atoms with Gasteiger partial charge in [-0.1, -0.05) is 42.1 Å². The minimum atomic E-state index is -0.714. The maximum absolute atomic E-state index is 13.8. The Hall–Kier alpha value is -3.57. The molecule has 1 aromatic heterocycles. The van der Waals surface area contributed by atoms with Crippen molar-refractivity contribution in [3.63, 3.8) is 0 Å². The highest BCUT2D eigenvalue weighted by atomic mass is 32.2. The lowest BCUT2D eigenvalue weighted by Gasteiger charge is -2.35. The van der Waals surface area contributed by atoms with Gasteiger partial charge in [-0.05, 0) is 43.4 Å². The molecule has 2 aliphatic heterocycles. The first-order valence-corrected chi connectivity index (χ1v) is 11.9. The summed E-state index contributed by atoms with van der Waals surface area (Å²) >= 11 is 1.41. The number of allylic oxidation sites excluding steroid dienone is 1. The van der Waals surface area contributed by atoms with Crippen LogP contribution in [0, 0.1) is 11.3 Å². The monoisotopic (exact) mass is 458 g/mol. The van der Waals surface area contributed by atoms with Gasteiger partial charge in [0.05, 0.1) is 35.3 Å². The summed E-state index contributed by atoms with van der Waals surface area (Å²) in [6.07, 6.45) is 2.80. The lowest BCUT2D eigenvalue weighted by Crippen LogP contribution is -2.41. The predicted octanol–water partition coefficient (Wildman–Crippen LogP) is 3.43. The topological polar surface area (TPSA) is 109 Å². The van der Waals surface area contributed by atoms with Gasteiger partial charge in [0.1, 0.15) is 10.8 Å². The number of amides is 1. The SMILES string of the molecule is CCOC(=O)C1=C2CSc3nc4c(cc3C(=O)N2C(N)=C(C#N)C1c1ccccc1)CCC4. The van der Waals surface area contributed by atoms with E-state index in [2.05, 4.69) is 6.07 Å². The van der Waals surface area contributed by atoms with Gasteiger partial charge in [-0.25, -0.2) is 9.78 Å². The van der Waals surface area contributed by atoms with Gasteiger partial charge in [0.25, 0.3) is 5.91 Å². The summed E-state index contributed by atoms with van der Waals surface area (Å²) in [6, 6.07) is 13.3. The first-order valence-electron chi connectivity index (χ1n) is 10.9. The molecule has 0 spiro atoms. The molecular formula is C25H22N4O3S. The molecule has 1 aromatic carbocycles. The Morgan fingerprint density at radius 2 is 2.12 bits per heavy atom. The van der Waals surface area contributed by atoms with Crippen molar-refractivity contribution in [1.29, 1.82) is 5.26 Å². The van der Waals surface area contributed by atoms with Gasteiger partial charge in [0.2, 0.25) is 0 Å². The van der Waals surface area contributed by atoms with Crippen LogP contribution in [0.1, 0.15) is 46.4 Å². The van der Waals surface area contributed by atoms with E-state index in [0.717, 1.165) is 36.1 Å². The van der Waals surface area contributed by atoms with Crippen LogP contribution in [-0.2, 0) is 22.4 Å². The number of benzene rings is 1. The van der Waals surface area contributed by atoms with Crippen LogP contribution in [0.5, 0.6) is 0 Å². The third kappa shape index (κ3) is 3.40. The molecule has 1 aliphatic carbocycles. The third-order valence-electron chi connectivity index (χ3n) is 6.22. The molecule has 8 heteroatoms. The molecule has 0 radical (unpaired) electrons. The molecule has 0 saturated carbocycles. The first-order chi connectivity index (χ1) is 16.0. The molecule has 3 aliphatic rings. The number of carbonyl (C=O) groups excluding carboxylic acids is 2. The molecule has 2 N–H and O–H groups in total. The van der Waals surface area contributed by atoms with E-state index in [1.54, 1.807) is 6.92 Å². The van der Waals surface area contributed by atoms with Crippen LogP contribution >= 0.6 is 11.8 Å². The summed E-state index contributed by atoms with van der Waals surface area (Å²) in [5.41, 5.74) is 10.7. The second-order valence-corrected chi connectivity index (χ2v) is 9.03. The van der Waals surface area contributed by atoms with Gasteiger partial charge in [0, 0.05) is 17.1 Å². The molecule has 2 aromatic rings. The van der Waals surface area contributed by atoms with Gasteiger partial charge in [-0.3, -0.25) is 9.69 Å². The van der Waals surface area contributed by atoms with Gasteiger partial charge < -0.3 is 10.5 Å². The number of hydrogen-bond acceptors (Lipinski definition) is 7. The van der Waals surface area contributed by atoms with E-state index in [-0.39, 0.29) is 29.5 Å². The minimum absolute atomic E-state index is 0.0494. The second kappa shape index (κ2) is 8.41. The Kier molecular flexibility index (Phi) is 5.43. The molecular weight excluding hydrogens is 436 g/mol. The lowest BCUT2D eigenvalue weighted by molar-refractivity contribution is -0.138. The molecule has 166 valence electrons.